The predicted molar refractivity (Wildman–Crippen MR) is 104 cm³/mol. The Bertz CT molecular complexity index is 877. The van der Waals surface area contributed by atoms with E-state index in [2.05, 4.69) is 20.8 Å². The molecule has 1 aromatic carbocycles. The highest BCUT2D eigenvalue weighted by Crippen LogP contribution is 2.23. The van der Waals surface area contributed by atoms with Gasteiger partial charge in [-0.25, -0.2) is 0 Å². The van der Waals surface area contributed by atoms with Crippen LogP contribution < -0.4 is 15.4 Å². The van der Waals surface area contributed by atoms with Crippen LogP contribution in [-0.2, 0) is 13.0 Å². The van der Waals surface area contributed by atoms with E-state index >= 15 is 0 Å². The summed E-state index contributed by atoms with van der Waals surface area (Å²) >= 11 is 1.52. The molecule has 0 aliphatic carbocycles. The van der Waals surface area contributed by atoms with Crippen molar-refractivity contribution < 1.29 is 13.9 Å². The largest absolute Gasteiger partial charge is 0.496 e. The van der Waals surface area contributed by atoms with Crippen molar-refractivity contribution in [2.24, 2.45) is 0 Å². The highest BCUT2D eigenvalue weighted by Gasteiger charge is 2.15. The van der Waals surface area contributed by atoms with Gasteiger partial charge in [0.2, 0.25) is 5.89 Å². The lowest BCUT2D eigenvalue weighted by molar-refractivity contribution is 0.0944. The fraction of sp³-hybridized carbons (Fsp3) is 0.316. The first-order chi connectivity index (χ1) is 13.2. The Kier molecular flexibility index (Phi) is 6.56. The molecule has 0 saturated carbocycles. The van der Waals surface area contributed by atoms with Crippen LogP contribution in [0.5, 0.6) is 5.75 Å². The van der Waals surface area contributed by atoms with Gasteiger partial charge in [0.25, 0.3) is 11.8 Å². The summed E-state index contributed by atoms with van der Waals surface area (Å²) in [5, 5.41) is 15.8. The topological polar surface area (TPSA) is 89.3 Å². The fourth-order valence-electron chi connectivity index (χ4n) is 2.62. The van der Waals surface area contributed by atoms with Crippen LogP contribution in [0, 0.1) is 0 Å². The van der Waals surface area contributed by atoms with E-state index in [-0.39, 0.29) is 12.5 Å². The number of thiophene rings is 1. The molecule has 8 heteroatoms. The van der Waals surface area contributed by atoms with Gasteiger partial charge >= 0.3 is 0 Å². The van der Waals surface area contributed by atoms with Crippen LogP contribution >= 0.6 is 11.3 Å². The summed E-state index contributed by atoms with van der Waals surface area (Å²) in [7, 11) is 3.50. The van der Waals surface area contributed by atoms with Crippen LogP contribution in [0.2, 0.25) is 0 Å². The summed E-state index contributed by atoms with van der Waals surface area (Å²) in [6, 6.07) is 9.47. The third-order valence-electron chi connectivity index (χ3n) is 4.00. The van der Waals surface area contributed by atoms with Crippen molar-refractivity contribution in [3.8, 4) is 16.5 Å². The number of aryl methyl sites for hydroxylation is 1. The standard InChI is InChI=1S/C19H22N4O3S/c1-20-9-3-5-13-7-8-14(15(11-13)25-2)18(24)21-12-17-22-23-19(26-17)16-6-4-10-27-16/h4,6-8,10-11,20H,3,5,9,12H2,1-2H3,(H,21,24). The second-order valence-electron chi connectivity index (χ2n) is 5.90. The molecule has 0 spiro atoms. The number of hydrogen-bond acceptors (Lipinski definition) is 7. The maximum absolute atomic E-state index is 12.5. The van der Waals surface area contributed by atoms with Crippen LogP contribution in [0.4, 0.5) is 0 Å². The number of methoxy groups -OCH3 is 1. The summed E-state index contributed by atoms with van der Waals surface area (Å²) in [5.74, 6) is 1.12. The zero-order chi connectivity index (χ0) is 19.1. The first kappa shape index (κ1) is 19.1. The maximum atomic E-state index is 12.5. The van der Waals surface area contributed by atoms with Crippen molar-refractivity contribution in [1.82, 2.24) is 20.8 Å². The summed E-state index contributed by atoms with van der Waals surface area (Å²) < 4.78 is 11.0. The molecule has 7 nitrogen and oxygen atoms in total. The summed E-state index contributed by atoms with van der Waals surface area (Å²) in [6.45, 7) is 1.10. The van der Waals surface area contributed by atoms with Gasteiger partial charge in [0, 0.05) is 0 Å². The first-order valence-electron chi connectivity index (χ1n) is 8.67. The molecular formula is C19H22N4O3S. The van der Waals surface area contributed by atoms with E-state index in [9.17, 15) is 4.79 Å². The van der Waals surface area contributed by atoms with E-state index in [0.29, 0.717) is 23.1 Å². The Hall–Kier alpha value is -2.71. The number of benzene rings is 1. The second kappa shape index (κ2) is 9.29. The van der Waals surface area contributed by atoms with Crippen molar-refractivity contribution in [3.63, 3.8) is 0 Å². The first-order valence-corrected chi connectivity index (χ1v) is 9.55. The molecule has 0 bridgehead atoms. The van der Waals surface area contributed by atoms with Crippen molar-refractivity contribution >= 4 is 17.2 Å². The Morgan fingerprint density at radius 3 is 2.93 bits per heavy atom. The molecule has 0 aliphatic heterocycles. The van der Waals surface area contributed by atoms with Crippen molar-refractivity contribution in [1.29, 1.82) is 0 Å². The summed E-state index contributed by atoms with van der Waals surface area (Å²) in [4.78, 5) is 13.4. The van der Waals surface area contributed by atoms with Crippen molar-refractivity contribution in [2.45, 2.75) is 19.4 Å². The molecule has 0 fully saturated rings. The van der Waals surface area contributed by atoms with E-state index in [1.54, 1.807) is 13.2 Å². The molecular weight excluding hydrogens is 364 g/mol. The molecule has 0 aliphatic rings. The summed E-state index contributed by atoms with van der Waals surface area (Å²) in [6.07, 6.45) is 1.95. The molecule has 2 N–H and O–H groups in total. The highest BCUT2D eigenvalue weighted by molar-refractivity contribution is 7.13. The minimum atomic E-state index is -0.246. The van der Waals surface area contributed by atoms with Gasteiger partial charge in [0.15, 0.2) is 0 Å². The Labute approximate surface area is 161 Å². The molecule has 0 unspecified atom stereocenters. The van der Waals surface area contributed by atoms with Crippen molar-refractivity contribution in [3.05, 3.63) is 52.7 Å². The monoisotopic (exact) mass is 386 g/mol. The van der Waals surface area contributed by atoms with Gasteiger partial charge in [-0.2, -0.15) is 0 Å². The lowest BCUT2D eigenvalue weighted by Crippen LogP contribution is -2.23. The molecule has 2 heterocycles. The quantitative estimate of drug-likeness (QED) is 0.550. The lowest BCUT2D eigenvalue weighted by atomic mass is 10.1. The summed E-state index contributed by atoms with van der Waals surface area (Å²) in [5.41, 5.74) is 1.61. The number of nitrogens with one attached hydrogen (secondary N) is 2. The zero-order valence-electron chi connectivity index (χ0n) is 15.3. The number of rotatable bonds is 9. The number of hydrogen-bond donors (Lipinski definition) is 2. The average Bonchev–Trinajstić information content (AvgIpc) is 3.37. The number of amides is 1. The van der Waals surface area contributed by atoms with Crippen LogP contribution in [0.1, 0.15) is 28.2 Å². The van der Waals surface area contributed by atoms with Crippen LogP contribution in [0.25, 0.3) is 10.8 Å². The Balaban J connectivity index is 1.62. The zero-order valence-corrected chi connectivity index (χ0v) is 16.1. The van der Waals surface area contributed by atoms with Crippen molar-refractivity contribution in [2.75, 3.05) is 20.7 Å². The van der Waals surface area contributed by atoms with Crippen LogP contribution in [0.3, 0.4) is 0 Å². The normalized spacial score (nSPS) is 10.7. The molecule has 2 aromatic heterocycles. The van der Waals surface area contributed by atoms with Crippen LogP contribution in [0.15, 0.2) is 40.1 Å². The van der Waals surface area contributed by atoms with Gasteiger partial charge in [0.1, 0.15) is 5.75 Å². The second-order valence-corrected chi connectivity index (χ2v) is 6.85. The van der Waals surface area contributed by atoms with Crippen LogP contribution in [-0.4, -0.2) is 36.8 Å². The smallest absolute Gasteiger partial charge is 0.257 e. The predicted octanol–water partition coefficient (Wildman–Crippen LogP) is 2.89. The number of aromatic nitrogens is 2. The maximum Gasteiger partial charge on any atom is 0.257 e. The van der Waals surface area contributed by atoms with E-state index in [1.807, 2.05) is 36.7 Å². The highest BCUT2D eigenvalue weighted by atomic mass is 32.1. The Morgan fingerprint density at radius 1 is 1.30 bits per heavy atom. The molecule has 142 valence electrons. The molecule has 3 rings (SSSR count). The average molecular weight is 386 g/mol. The number of carbonyl (C=O) groups is 1. The molecule has 1 amide bonds. The molecule has 0 atom stereocenters. The van der Waals surface area contributed by atoms with Gasteiger partial charge in [-0.1, -0.05) is 12.1 Å². The van der Waals surface area contributed by atoms with E-state index < -0.39 is 0 Å². The van der Waals surface area contributed by atoms with Gasteiger partial charge in [-0.15, -0.1) is 21.5 Å². The minimum Gasteiger partial charge on any atom is -0.496 e. The molecule has 0 radical (unpaired) electrons. The van der Waals surface area contributed by atoms with Gasteiger partial charge < -0.3 is 19.8 Å². The minimum absolute atomic E-state index is 0.157. The third kappa shape index (κ3) is 4.93. The number of ether oxygens (including phenoxy) is 1. The fourth-order valence-corrected chi connectivity index (χ4v) is 3.27. The van der Waals surface area contributed by atoms with E-state index in [0.717, 1.165) is 29.8 Å². The van der Waals surface area contributed by atoms with E-state index in [1.165, 1.54) is 11.3 Å². The SMILES string of the molecule is CNCCCc1ccc(C(=O)NCc2nnc(-c3cccs3)o2)c(OC)c1. The van der Waals surface area contributed by atoms with Gasteiger partial charge in [-0.3, -0.25) is 4.79 Å². The lowest BCUT2D eigenvalue weighted by Gasteiger charge is -2.10. The van der Waals surface area contributed by atoms with Gasteiger partial charge in [0.05, 0.1) is 24.1 Å². The van der Waals surface area contributed by atoms with Gasteiger partial charge in [-0.05, 0) is 55.6 Å². The molecule has 27 heavy (non-hydrogen) atoms. The molecule has 3 aromatic rings. The number of carbonyl (C=O) groups excluding carboxylic acids is 1. The third-order valence-corrected chi connectivity index (χ3v) is 4.86. The number of nitrogens with zero attached hydrogens (tertiary/aromatic N) is 2. The van der Waals surface area contributed by atoms with E-state index in [4.69, 9.17) is 9.15 Å². The Morgan fingerprint density at radius 2 is 2.19 bits per heavy atom. The molecule has 0 saturated heterocycles.